The maximum Gasteiger partial charge on any atom is 0.0862 e. The molecule has 2 rings (SSSR count). The van der Waals surface area contributed by atoms with E-state index in [4.69, 9.17) is 0 Å². The highest BCUT2D eigenvalue weighted by molar-refractivity contribution is 5.14. The molecule has 0 aromatic rings. The molecule has 0 saturated heterocycles. The molecule has 2 atom stereocenters. The maximum atomic E-state index is 11.2. The normalized spacial score (nSPS) is 43.0. The van der Waals surface area contributed by atoms with E-state index in [0.29, 0.717) is 17.3 Å². The zero-order chi connectivity index (χ0) is 15.0. The van der Waals surface area contributed by atoms with Crippen molar-refractivity contribution in [3.05, 3.63) is 0 Å². The van der Waals surface area contributed by atoms with Crippen LogP contribution in [0, 0.1) is 34.0 Å². The Bertz CT molecular complexity index is 381. The van der Waals surface area contributed by atoms with Gasteiger partial charge in [0.1, 0.15) is 0 Å². The smallest absolute Gasteiger partial charge is 0.0862 e. The molecular weight excluding hydrogens is 246 g/mol. The van der Waals surface area contributed by atoms with Crippen molar-refractivity contribution in [2.75, 3.05) is 0 Å². The average molecular weight is 277 g/mol. The summed E-state index contributed by atoms with van der Waals surface area (Å²) in [6, 6.07) is 2.56. The Hall–Kier alpha value is -0.550. The molecule has 2 unspecified atom stereocenters. The quantitative estimate of drug-likeness (QED) is 0.756. The Labute approximate surface area is 124 Å². The molecule has 0 heterocycles. The van der Waals surface area contributed by atoms with Gasteiger partial charge in [0.15, 0.2) is 0 Å². The Morgan fingerprint density at radius 3 is 2.15 bits per heavy atom. The molecule has 0 bridgehead atoms. The van der Waals surface area contributed by atoms with Gasteiger partial charge >= 0.3 is 0 Å². The van der Waals surface area contributed by atoms with E-state index in [1.807, 2.05) is 0 Å². The van der Waals surface area contributed by atoms with Crippen molar-refractivity contribution in [1.29, 1.82) is 5.26 Å². The third-order valence-corrected chi connectivity index (χ3v) is 6.14. The molecule has 0 radical (unpaired) electrons. The number of hydrogen-bond acceptors (Lipinski definition) is 2. The van der Waals surface area contributed by atoms with E-state index < -0.39 is 11.0 Å². The van der Waals surface area contributed by atoms with Gasteiger partial charge < -0.3 is 5.11 Å². The first-order valence-corrected chi connectivity index (χ1v) is 8.36. The Morgan fingerprint density at radius 1 is 1.10 bits per heavy atom. The topological polar surface area (TPSA) is 44.0 Å². The second-order valence-electron chi connectivity index (χ2n) is 8.57. The molecule has 20 heavy (non-hydrogen) atoms. The van der Waals surface area contributed by atoms with E-state index in [1.54, 1.807) is 0 Å². The molecule has 0 spiro atoms. The molecule has 0 aromatic carbocycles. The van der Waals surface area contributed by atoms with Crippen LogP contribution in [0.5, 0.6) is 0 Å². The van der Waals surface area contributed by atoms with Crippen molar-refractivity contribution in [1.82, 2.24) is 0 Å². The van der Waals surface area contributed by atoms with Gasteiger partial charge in [-0.2, -0.15) is 5.26 Å². The molecule has 1 N–H and O–H groups in total. The van der Waals surface area contributed by atoms with Crippen LogP contribution < -0.4 is 0 Å². The minimum Gasteiger partial charge on any atom is -0.388 e. The van der Waals surface area contributed by atoms with Crippen molar-refractivity contribution < 1.29 is 5.11 Å². The molecule has 2 fully saturated rings. The summed E-state index contributed by atoms with van der Waals surface area (Å²) in [6.45, 7) is 9.12. The Balaban J connectivity index is 2.14. The van der Waals surface area contributed by atoms with Crippen molar-refractivity contribution >= 4 is 0 Å². The van der Waals surface area contributed by atoms with Crippen LogP contribution in [0.25, 0.3) is 0 Å². The van der Waals surface area contributed by atoms with Gasteiger partial charge in [-0.3, -0.25) is 0 Å². The first-order chi connectivity index (χ1) is 9.22. The van der Waals surface area contributed by atoms with Crippen LogP contribution in [0.15, 0.2) is 0 Å². The molecule has 114 valence electrons. The van der Waals surface area contributed by atoms with Gasteiger partial charge in [-0.05, 0) is 55.8 Å². The summed E-state index contributed by atoms with van der Waals surface area (Å²) < 4.78 is 0. The lowest BCUT2D eigenvalue weighted by Crippen LogP contribution is -2.52. The van der Waals surface area contributed by atoms with Gasteiger partial charge in [0.2, 0.25) is 0 Å². The van der Waals surface area contributed by atoms with E-state index in [-0.39, 0.29) is 0 Å². The second kappa shape index (κ2) is 5.34. The number of hydrogen-bond donors (Lipinski definition) is 1. The van der Waals surface area contributed by atoms with Crippen LogP contribution in [0.2, 0.25) is 0 Å². The lowest BCUT2D eigenvalue weighted by Gasteiger charge is -2.51. The zero-order valence-corrected chi connectivity index (χ0v) is 13.7. The van der Waals surface area contributed by atoms with Gasteiger partial charge in [-0.25, -0.2) is 0 Å². The van der Waals surface area contributed by atoms with Gasteiger partial charge in [0.25, 0.3) is 0 Å². The largest absolute Gasteiger partial charge is 0.388 e. The number of nitrogens with zero attached hydrogens (tertiary/aromatic N) is 1. The molecule has 2 aliphatic rings. The molecule has 0 aromatic heterocycles. The lowest BCUT2D eigenvalue weighted by molar-refractivity contribution is -0.118. The Morgan fingerprint density at radius 2 is 1.70 bits per heavy atom. The summed E-state index contributed by atoms with van der Waals surface area (Å²) in [5.41, 5.74) is -0.896. The van der Waals surface area contributed by atoms with E-state index in [9.17, 15) is 10.4 Å². The summed E-state index contributed by atoms with van der Waals surface area (Å²) >= 11 is 0. The fourth-order valence-corrected chi connectivity index (χ4v) is 4.62. The molecule has 2 aliphatic carbocycles. The summed E-state index contributed by atoms with van der Waals surface area (Å²) in [5.74, 6) is 1.26. The molecule has 2 nitrogen and oxygen atoms in total. The van der Waals surface area contributed by atoms with Crippen molar-refractivity contribution in [2.24, 2.45) is 22.7 Å². The number of nitriles is 1. The summed E-state index contributed by atoms with van der Waals surface area (Å²) in [7, 11) is 0. The van der Waals surface area contributed by atoms with E-state index >= 15 is 0 Å². The third-order valence-electron chi connectivity index (χ3n) is 6.14. The van der Waals surface area contributed by atoms with Crippen LogP contribution in [0.4, 0.5) is 0 Å². The third kappa shape index (κ3) is 2.75. The number of aliphatic hydroxyl groups is 1. The van der Waals surface area contributed by atoms with E-state index in [2.05, 4.69) is 33.8 Å². The Kier molecular flexibility index (Phi) is 4.22. The molecule has 2 saturated carbocycles. The minimum absolute atomic E-state index is 0.320. The van der Waals surface area contributed by atoms with Crippen molar-refractivity contribution in [3.63, 3.8) is 0 Å². The van der Waals surface area contributed by atoms with Crippen LogP contribution in [-0.2, 0) is 0 Å². The van der Waals surface area contributed by atoms with E-state index in [0.717, 1.165) is 44.9 Å². The van der Waals surface area contributed by atoms with Gasteiger partial charge in [-0.15, -0.1) is 0 Å². The van der Waals surface area contributed by atoms with Gasteiger partial charge in [-0.1, -0.05) is 40.5 Å². The standard InChI is InChI=1S/C18H31NO/c1-14-6-5-9-17(12-14,13-19)18(20)10-7-15(8-11-18)16(2,3)4/h14-15,20H,5-12H2,1-4H3. The fourth-order valence-electron chi connectivity index (χ4n) is 4.62. The highest BCUT2D eigenvalue weighted by atomic mass is 16.3. The first-order valence-electron chi connectivity index (χ1n) is 8.36. The number of rotatable bonds is 1. The molecule has 2 heteroatoms. The highest BCUT2D eigenvalue weighted by Gasteiger charge is 2.54. The van der Waals surface area contributed by atoms with Crippen molar-refractivity contribution in [2.45, 2.75) is 84.7 Å². The summed E-state index contributed by atoms with van der Waals surface area (Å²) in [4.78, 5) is 0. The highest BCUT2D eigenvalue weighted by Crippen LogP contribution is 2.54. The van der Waals surface area contributed by atoms with Crippen molar-refractivity contribution in [3.8, 4) is 6.07 Å². The first kappa shape index (κ1) is 15.8. The van der Waals surface area contributed by atoms with Crippen LogP contribution in [0.1, 0.15) is 79.1 Å². The molecule has 0 aliphatic heterocycles. The van der Waals surface area contributed by atoms with Crippen LogP contribution >= 0.6 is 0 Å². The average Bonchev–Trinajstić information content (AvgIpc) is 2.38. The van der Waals surface area contributed by atoms with Gasteiger partial charge in [0, 0.05) is 0 Å². The van der Waals surface area contributed by atoms with Crippen LogP contribution in [-0.4, -0.2) is 10.7 Å². The SMILES string of the molecule is CC1CCCC(C#N)(C2(O)CCC(C(C)(C)C)CC2)C1. The molecular formula is C18H31NO. The van der Waals surface area contributed by atoms with Crippen LogP contribution in [0.3, 0.4) is 0 Å². The molecule has 0 amide bonds. The van der Waals surface area contributed by atoms with Gasteiger partial charge in [0.05, 0.1) is 17.1 Å². The fraction of sp³-hybridized carbons (Fsp3) is 0.944. The van der Waals surface area contributed by atoms with E-state index in [1.165, 1.54) is 6.42 Å². The lowest BCUT2D eigenvalue weighted by atomic mass is 9.55. The second-order valence-corrected chi connectivity index (χ2v) is 8.57. The predicted octanol–water partition coefficient (Wildman–Crippen LogP) is 4.67. The predicted molar refractivity (Wildman–Crippen MR) is 82.0 cm³/mol. The summed E-state index contributed by atoms with van der Waals surface area (Å²) in [6.07, 6.45) is 7.86. The zero-order valence-electron chi connectivity index (χ0n) is 13.7. The monoisotopic (exact) mass is 277 g/mol. The minimum atomic E-state index is -0.738. The summed E-state index contributed by atoms with van der Waals surface area (Å²) in [5, 5.41) is 21.0. The maximum absolute atomic E-state index is 11.2.